The van der Waals surface area contributed by atoms with Crippen molar-refractivity contribution >= 4 is 22.6 Å². The fourth-order valence-electron chi connectivity index (χ4n) is 4.57. The van der Waals surface area contributed by atoms with E-state index in [2.05, 4.69) is 35.3 Å². The minimum atomic E-state index is -0.496. The van der Waals surface area contributed by atoms with Crippen molar-refractivity contribution < 1.29 is 18.6 Å². The molecule has 5 rings (SSSR count). The van der Waals surface area contributed by atoms with E-state index in [0.29, 0.717) is 13.0 Å². The lowest BCUT2D eigenvalue weighted by Gasteiger charge is -2.26. The van der Waals surface area contributed by atoms with Crippen molar-refractivity contribution in [2.24, 2.45) is 0 Å². The molecule has 2 aliphatic rings. The summed E-state index contributed by atoms with van der Waals surface area (Å²) in [5.41, 5.74) is 2.95. The molecule has 1 aromatic heterocycles. The van der Waals surface area contributed by atoms with Crippen molar-refractivity contribution in [2.75, 3.05) is 46.6 Å². The Morgan fingerprint density at radius 3 is 2.56 bits per heavy atom. The number of furan rings is 1. The number of allylic oxidation sites excluding steroid dienone is 4. The summed E-state index contributed by atoms with van der Waals surface area (Å²) < 4.78 is 23.2. The monoisotopic (exact) mass is 479 g/mol. The van der Waals surface area contributed by atoms with Gasteiger partial charge in [-0.3, -0.25) is 4.90 Å². The third-order valence-electron chi connectivity index (χ3n) is 6.45. The molecule has 6 heteroatoms. The number of hydrogen-bond acceptors (Lipinski definition) is 5. The molecule has 0 amide bonds. The number of fused-ring (bicyclic) bond motifs is 1. The number of alkyl halides is 1. The van der Waals surface area contributed by atoms with E-state index in [1.165, 1.54) is 0 Å². The Balaban J connectivity index is 1.38. The fraction of sp³-hybridized carbons (Fsp3) is 0.357. The predicted molar refractivity (Wildman–Crippen MR) is 136 cm³/mol. The molecule has 1 fully saturated rings. The molecule has 0 bridgehead atoms. The predicted octanol–water partition coefficient (Wildman–Crippen LogP) is 5.86. The van der Waals surface area contributed by atoms with E-state index in [1.807, 2.05) is 36.4 Å². The molecule has 1 saturated heterocycles. The van der Waals surface area contributed by atoms with Crippen molar-refractivity contribution in [2.45, 2.75) is 17.7 Å². The van der Waals surface area contributed by atoms with Gasteiger partial charge in [0.2, 0.25) is 0 Å². The molecule has 5 nitrogen and oxygen atoms in total. The van der Waals surface area contributed by atoms with E-state index in [-0.39, 0.29) is 0 Å². The van der Waals surface area contributed by atoms with Gasteiger partial charge in [-0.1, -0.05) is 36.4 Å². The third kappa shape index (κ3) is 5.17. The number of ether oxygens (including phenoxy) is 3. The number of methoxy groups -OCH3 is 1. The van der Waals surface area contributed by atoms with Gasteiger partial charge in [-0.15, -0.1) is 11.6 Å². The largest absolute Gasteiger partial charge is 0.497 e. The molecule has 1 atom stereocenters. The normalized spacial score (nSPS) is 20.6. The fourth-order valence-corrected chi connectivity index (χ4v) is 4.85. The molecular formula is C28H30ClNO4. The Kier molecular flexibility index (Phi) is 6.95. The van der Waals surface area contributed by atoms with Crippen LogP contribution in [0.4, 0.5) is 0 Å². The van der Waals surface area contributed by atoms with Crippen LogP contribution in [0.2, 0.25) is 0 Å². The first-order valence-corrected chi connectivity index (χ1v) is 12.2. The standard InChI is InChI=1S/C28H30ClNO4/c1-31-23-9-10-24-25(19-23)34-26(20-28(29)11-3-2-4-12-28)27(24)21-5-7-22(8-6-21)33-18-15-30-13-16-32-17-14-30/h2-11,19H,12-18,20H2,1H3. The summed E-state index contributed by atoms with van der Waals surface area (Å²) in [5.74, 6) is 2.51. The zero-order valence-corrected chi connectivity index (χ0v) is 20.2. The van der Waals surface area contributed by atoms with Gasteiger partial charge in [0.05, 0.1) is 25.2 Å². The molecule has 1 aliphatic heterocycles. The Morgan fingerprint density at radius 2 is 1.82 bits per heavy atom. The van der Waals surface area contributed by atoms with Crippen molar-refractivity contribution in [3.63, 3.8) is 0 Å². The minimum absolute atomic E-state index is 0.496. The molecule has 2 aromatic carbocycles. The molecule has 0 spiro atoms. The van der Waals surface area contributed by atoms with Crippen molar-refractivity contribution in [1.82, 2.24) is 4.90 Å². The molecule has 3 aromatic rings. The Hall–Kier alpha value is -2.73. The topological polar surface area (TPSA) is 44.1 Å². The third-order valence-corrected chi connectivity index (χ3v) is 6.86. The van der Waals surface area contributed by atoms with Crippen LogP contribution in [0.25, 0.3) is 22.1 Å². The Bertz CT molecular complexity index is 1180. The van der Waals surface area contributed by atoms with Crippen LogP contribution in [0.15, 0.2) is 71.2 Å². The molecule has 2 heterocycles. The highest BCUT2D eigenvalue weighted by molar-refractivity contribution is 6.25. The number of hydrogen-bond donors (Lipinski definition) is 0. The van der Waals surface area contributed by atoms with E-state index >= 15 is 0 Å². The van der Waals surface area contributed by atoms with E-state index in [0.717, 1.165) is 78.6 Å². The highest BCUT2D eigenvalue weighted by Gasteiger charge is 2.29. The van der Waals surface area contributed by atoms with Gasteiger partial charge in [-0.25, -0.2) is 0 Å². The molecule has 0 saturated carbocycles. The van der Waals surface area contributed by atoms with Crippen LogP contribution in [0.5, 0.6) is 11.5 Å². The van der Waals surface area contributed by atoms with Crippen LogP contribution < -0.4 is 9.47 Å². The molecular weight excluding hydrogens is 450 g/mol. The maximum Gasteiger partial charge on any atom is 0.138 e. The lowest BCUT2D eigenvalue weighted by molar-refractivity contribution is 0.0322. The van der Waals surface area contributed by atoms with Gasteiger partial charge < -0.3 is 18.6 Å². The molecule has 178 valence electrons. The van der Waals surface area contributed by atoms with Crippen molar-refractivity contribution in [1.29, 1.82) is 0 Å². The van der Waals surface area contributed by atoms with Gasteiger partial charge in [-0.2, -0.15) is 0 Å². The number of nitrogens with zero attached hydrogens (tertiary/aromatic N) is 1. The van der Waals surface area contributed by atoms with E-state index in [1.54, 1.807) is 7.11 Å². The van der Waals surface area contributed by atoms with Gasteiger partial charge >= 0.3 is 0 Å². The maximum atomic E-state index is 6.95. The zero-order valence-electron chi connectivity index (χ0n) is 19.5. The first kappa shape index (κ1) is 23.0. The Labute approximate surface area is 205 Å². The quantitative estimate of drug-likeness (QED) is 0.379. The summed E-state index contributed by atoms with van der Waals surface area (Å²) in [6.07, 6.45) is 9.55. The smallest absolute Gasteiger partial charge is 0.138 e. The summed E-state index contributed by atoms with van der Waals surface area (Å²) in [4.78, 5) is 1.87. The van der Waals surface area contributed by atoms with Crippen LogP contribution in [0.3, 0.4) is 0 Å². The van der Waals surface area contributed by atoms with E-state index in [4.69, 9.17) is 30.2 Å². The first-order valence-electron chi connectivity index (χ1n) is 11.8. The van der Waals surface area contributed by atoms with Gasteiger partial charge in [0.15, 0.2) is 0 Å². The van der Waals surface area contributed by atoms with Crippen LogP contribution in [-0.4, -0.2) is 56.3 Å². The number of morpholine rings is 1. The van der Waals surface area contributed by atoms with Crippen LogP contribution in [-0.2, 0) is 11.2 Å². The highest BCUT2D eigenvalue weighted by Crippen LogP contribution is 2.41. The lowest BCUT2D eigenvalue weighted by Crippen LogP contribution is -2.38. The summed E-state index contributed by atoms with van der Waals surface area (Å²) in [6, 6.07) is 14.2. The first-order chi connectivity index (χ1) is 16.6. The number of benzene rings is 2. The number of halogens is 1. The van der Waals surface area contributed by atoms with Gasteiger partial charge in [0, 0.05) is 43.1 Å². The second-order valence-corrected chi connectivity index (χ2v) is 9.54. The molecule has 34 heavy (non-hydrogen) atoms. The second kappa shape index (κ2) is 10.3. The van der Waals surface area contributed by atoms with E-state index < -0.39 is 4.87 Å². The summed E-state index contributed by atoms with van der Waals surface area (Å²) in [6.45, 7) is 5.11. The van der Waals surface area contributed by atoms with Gasteiger partial charge in [-0.05, 0) is 36.2 Å². The maximum absolute atomic E-state index is 6.95. The average molecular weight is 480 g/mol. The summed E-state index contributed by atoms with van der Waals surface area (Å²) in [5, 5.41) is 1.05. The Morgan fingerprint density at radius 1 is 1.03 bits per heavy atom. The van der Waals surface area contributed by atoms with Crippen LogP contribution >= 0.6 is 11.6 Å². The SMILES string of the molecule is COc1ccc2c(-c3ccc(OCCN4CCOCC4)cc3)c(CC3(Cl)C=CC=CC3)oc2c1. The van der Waals surface area contributed by atoms with E-state index in [9.17, 15) is 0 Å². The highest BCUT2D eigenvalue weighted by atomic mass is 35.5. The summed E-state index contributed by atoms with van der Waals surface area (Å²) in [7, 11) is 1.66. The second-order valence-electron chi connectivity index (χ2n) is 8.79. The minimum Gasteiger partial charge on any atom is -0.497 e. The van der Waals surface area contributed by atoms with Crippen molar-refractivity contribution in [3.8, 4) is 22.6 Å². The molecule has 0 radical (unpaired) electrons. The molecule has 0 N–H and O–H groups in total. The zero-order chi connectivity index (χ0) is 23.4. The van der Waals surface area contributed by atoms with Crippen molar-refractivity contribution in [3.05, 3.63) is 72.5 Å². The van der Waals surface area contributed by atoms with Crippen LogP contribution in [0.1, 0.15) is 12.2 Å². The van der Waals surface area contributed by atoms with Gasteiger partial charge in [0.25, 0.3) is 0 Å². The molecule has 1 unspecified atom stereocenters. The lowest BCUT2D eigenvalue weighted by atomic mass is 9.91. The average Bonchev–Trinajstić information content (AvgIpc) is 3.21. The van der Waals surface area contributed by atoms with Gasteiger partial charge in [0.1, 0.15) is 29.4 Å². The number of rotatable bonds is 8. The summed E-state index contributed by atoms with van der Waals surface area (Å²) >= 11 is 6.95. The van der Waals surface area contributed by atoms with Crippen LogP contribution in [0, 0.1) is 0 Å². The molecule has 1 aliphatic carbocycles.